The van der Waals surface area contributed by atoms with Crippen LogP contribution in [0.3, 0.4) is 0 Å². The van der Waals surface area contributed by atoms with Crippen LogP contribution >= 0.6 is 0 Å². The van der Waals surface area contributed by atoms with E-state index in [1.165, 1.54) is 0 Å². The van der Waals surface area contributed by atoms with Crippen LogP contribution in [0, 0.1) is 0 Å². The van der Waals surface area contributed by atoms with Crippen LogP contribution in [0.1, 0.15) is 26.2 Å². The van der Waals surface area contributed by atoms with E-state index in [0.717, 1.165) is 25.9 Å². The molecule has 2 rings (SSSR count). The van der Waals surface area contributed by atoms with Crippen LogP contribution in [0.5, 0.6) is 0 Å². The number of piperidine rings is 1. The number of rotatable bonds is 4. The van der Waals surface area contributed by atoms with Crippen LogP contribution in [0.25, 0.3) is 0 Å². The Morgan fingerprint density at radius 1 is 1.37 bits per heavy atom. The maximum atomic E-state index is 12.0. The van der Waals surface area contributed by atoms with E-state index in [1.807, 2.05) is 0 Å². The monoisotopic (exact) mass is 269 g/mol. The molecule has 108 valence electrons. The molecule has 0 aromatic carbocycles. The first-order chi connectivity index (χ1) is 9.18. The SMILES string of the molecule is CC1C(=O)NCCN1C(=O)CCOC1CCNCC1. The molecule has 19 heavy (non-hydrogen) atoms. The molecule has 0 aliphatic carbocycles. The van der Waals surface area contributed by atoms with Gasteiger partial charge in [0.05, 0.1) is 19.1 Å². The summed E-state index contributed by atoms with van der Waals surface area (Å²) < 4.78 is 5.72. The molecule has 0 aromatic rings. The molecule has 0 bridgehead atoms. The van der Waals surface area contributed by atoms with E-state index in [9.17, 15) is 9.59 Å². The van der Waals surface area contributed by atoms with Crippen molar-refractivity contribution in [2.45, 2.75) is 38.3 Å². The van der Waals surface area contributed by atoms with Gasteiger partial charge in [0.15, 0.2) is 0 Å². The molecule has 2 N–H and O–H groups in total. The van der Waals surface area contributed by atoms with Crippen molar-refractivity contribution in [3.05, 3.63) is 0 Å². The fourth-order valence-corrected chi connectivity index (χ4v) is 2.54. The number of nitrogens with one attached hydrogen (secondary N) is 2. The molecule has 2 aliphatic rings. The van der Waals surface area contributed by atoms with Gasteiger partial charge in [-0.25, -0.2) is 0 Å². The highest BCUT2D eigenvalue weighted by molar-refractivity contribution is 5.88. The van der Waals surface area contributed by atoms with E-state index >= 15 is 0 Å². The van der Waals surface area contributed by atoms with Crippen LogP contribution in [-0.4, -0.2) is 61.6 Å². The summed E-state index contributed by atoms with van der Waals surface area (Å²) in [6.07, 6.45) is 2.66. The molecule has 2 heterocycles. The second-order valence-corrected chi connectivity index (χ2v) is 5.12. The number of carbonyl (C=O) groups is 2. The zero-order valence-corrected chi connectivity index (χ0v) is 11.5. The highest BCUT2D eigenvalue weighted by Gasteiger charge is 2.28. The number of hydrogen-bond donors (Lipinski definition) is 2. The van der Waals surface area contributed by atoms with Gasteiger partial charge < -0.3 is 20.3 Å². The Morgan fingerprint density at radius 2 is 2.11 bits per heavy atom. The molecular formula is C13H23N3O3. The summed E-state index contributed by atoms with van der Waals surface area (Å²) in [5.41, 5.74) is 0. The quantitative estimate of drug-likeness (QED) is 0.721. The molecule has 1 atom stereocenters. The largest absolute Gasteiger partial charge is 0.378 e. The lowest BCUT2D eigenvalue weighted by Crippen LogP contribution is -2.56. The van der Waals surface area contributed by atoms with Crippen molar-refractivity contribution in [1.29, 1.82) is 0 Å². The Kier molecular flexibility index (Phi) is 5.15. The summed E-state index contributed by atoms with van der Waals surface area (Å²) in [6.45, 7) is 5.33. The van der Waals surface area contributed by atoms with Crippen LogP contribution in [0.15, 0.2) is 0 Å². The first-order valence-corrected chi connectivity index (χ1v) is 7.08. The van der Waals surface area contributed by atoms with E-state index in [-0.39, 0.29) is 24.0 Å². The van der Waals surface area contributed by atoms with Crippen molar-refractivity contribution in [2.75, 3.05) is 32.8 Å². The number of amides is 2. The molecule has 6 nitrogen and oxygen atoms in total. The minimum Gasteiger partial charge on any atom is -0.378 e. The summed E-state index contributed by atoms with van der Waals surface area (Å²) in [5.74, 6) is -0.0600. The summed E-state index contributed by atoms with van der Waals surface area (Å²) in [7, 11) is 0. The first kappa shape index (κ1) is 14.3. The van der Waals surface area contributed by atoms with Gasteiger partial charge in [-0.3, -0.25) is 9.59 Å². The first-order valence-electron chi connectivity index (χ1n) is 7.08. The Labute approximate surface area is 113 Å². The molecule has 2 amide bonds. The lowest BCUT2D eigenvalue weighted by atomic mass is 10.1. The van der Waals surface area contributed by atoms with Crippen LogP contribution in [0.2, 0.25) is 0 Å². The average Bonchev–Trinajstić information content (AvgIpc) is 2.43. The number of carbonyl (C=O) groups excluding carboxylic acids is 2. The van der Waals surface area contributed by atoms with E-state index in [4.69, 9.17) is 4.74 Å². The third-order valence-corrected chi connectivity index (χ3v) is 3.77. The van der Waals surface area contributed by atoms with Crippen molar-refractivity contribution in [1.82, 2.24) is 15.5 Å². The van der Waals surface area contributed by atoms with Gasteiger partial charge in [0.1, 0.15) is 6.04 Å². The van der Waals surface area contributed by atoms with E-state index in [1.54, 1.807) is 11.8 Å². The zero-order valence-electron chi connectivity index (χ0n) is 11.5. The molecule has 0 aromatic heterocycles. The molecule has 6 heteroatoms. The van der Waals surface area contributed by atoms with Crippen LogP contribution in [0.4, 0.5) is 0 Å². The second-order valence-electron chi connectivity index (χ2n) is 5.12. The fraction of sp³-hybridized carbons (Fsp3) is 0.846. The van der Waals surface area contributed by atoms with E-state index in [0.29, 0.717) is 26.1 Å². The third kappa shape index (κ3) is 3.91. The standard InChI is InChI=1S/C13H23N3O3/c1-10-13(18)15-7-8-16(10)12(17)4-9-19-11-2-5-14-6-3-11/h10-11,14H,2-9H2,1H3,(H,15,18). The number of hydrogen-bond acceptors (Lipinski definition) is 4. The van der Waals surface area contributed by atoms with Gasteiger partial charge in [-0.2, -0.15) is 0 Å². The zero-order chi connectivity index (χ0) is 13.7. The molecule has 0 radical (unpaired) electrons. The number of ether oxygens (including phenoxy) is 1. The van der Waals surface area contributed by atoms with Crippen molar-refractivity contribution < 1.29 is 14.3 Å². The van der Waals surface area contributed by atoms with Gasteiger partial charge in [0.2, 0.25) is 11.8 Å². The maximum Gasteiger partial charge on any atom is 0.242 e. The average molecular weight is 269 g/mol. The summed E-state index contributed by atoms with van der Waals surface area (Å²) in [5, 5.41) is 6.03. The Bertz CT molecular complexity index is 329. The van der Waals surface area contributed by atoms with Crippen molar-refractivity contribution in [3.63, 3.8) is 0 Å². The lowest BCUT2D eigenvalue weighted by molar-refractivity contribution is -0.143. The predicted octanol–water partition coefficient (Wildman–Crippen LogP) is -0.508. The fourth-order valence-electron chi connectivity index (χ4n) is 2.54. The van der Waals surface area contributed by atoms with E-state index in [2.05, 4.69) is 10.6 Å². The molecule has 0 spiro atoms. The van der Waals surface area contributed by atoms with Crippen molar-refractivity contribution in [2.24, 2.45) is 0 Å². The molecule has 2 aliphatic heterocycles. The summed E-state index contributed by atoms with van der Waals surface area (Å²) >= 11 is 0. The predicted molar refractivity (Wildman–Crippen MR) is 70.6 cm³/mol. The number of nitrogens with zero attached hydrogens (tertiary/aromatic N) is 1. The molecule has 2 saturated heterocycles. The summed E-state index contributed by atoms with van der Waals surface area (Å²) in [4.78, 5) is 25.2. The summed E-state index contributed by atoms with van der Waals surface area (Å²) in [6, 6.07) is -0.361. The molecule has 0 saturated carbocycles. The van der Waals surface area contributed by atoms with Gasteiger partial charge in [0, 0.05) is 13.1 Å². The topological polar surface area (TPSA) is 70.7 Å². The van der Waals surface area contributed by atoms with Gasteiger partial charge in [0.25, 0.3) is 0 Å². The number of piperazine rings is 1. The smallest absolute Gasteiger partial charge is 0.242 e. The normalized spacial score (nSPS) is 25.2. The minimum absolute atomic E-state index is 0.0104. The van der Waals surface area contributed by atoms with Crippen molar-refractivity contribution in [3.8, 4) is 0 Å². The second kappa shape index (κ2) is 6.86. The Balaban J connectivity index is 1.70. The molecule has 2 fully saturated rings. The van der Waals surface area contributed by atoms with Crippen molar-refractivity contribution >= 4 is 11.8 Å². The molecule has 1 unspecified atom stereocenters. The highest BCUT2D eigenvalue weighted by Crippen LogP contribution is 2.10. The lowest BCUT2D eigenvalue weighted by Gasteiger charge is -2.33. The Morgan fingerprint density at radius 3 is 2.84 bits per heavy atom. The van der Waals surface area contributed by atoms with Gasteiger partial charge in [-0.05, 0) is 32.9 Å². The van der Waals surface area contributed by atoms with E-state index < -0.39 is 0 Å². The van der Waals surface area contributed by atoms with Gasteiger partial charge in [-0.15, -0.1) is 0 Å². The van der Waals surface area contributed by atoms with Crippen LogP contribution < -0.4 is 10.6 Å². The highest BCUT2D eigenvalue weighted by atomic mass is 16.5. The van der Waals surface area contributed by atoms with Gasteiger partial charge in [-0.1, -0.05) is 0 Å². The minimum atomic E-state index is -0.361. The molecular weight excluding hydrogens is 246 g/mol. The Hall–Kier alpha value is -1.14. The maximum absolute atomic E-state index is 12.0. The third-order valence-electron chi connectivity index (χ3n) is 3.77. The van der Waals surface area contributed by atoms with Crippen LogP contribution in [-0.2, 0) is 14.3 Å². The van der Waals surface area contributed by atoms with Gasteiger partial charge >= 0.3 is 0 Å².